The average molecular weight is 281 g/mol. The van der Waals surface area contributed by atoms with E-state index < -0.39 is 6.10 Å². The van der Waals surface area contributed by atoms with Gasteiger partial charge < -0.3 is 9.84 Å². The summed E-state index contributed by atoms with van der Waals surface area (Å²) >= 11 is 0. The minimum atomic E-state index is -0.430. The molecule has 0 spiro atoms. The Morgan fingerprint density at radius 2 is 2.00 bits per heavy atom. The van der Waals surface area contributed by atoms with E-state index in [1.54, 1.807) is 6.33 Å². The maximum Gasteiger partial charge on any atom is 0.138 e. The summed E-state index contributed by atoms with van der Waals surface area (Å²) < 4.78 is 7.72. The lowest BCUT2D eigenvalue weighted by molar-refractivity contribution is 0.0230. The molecule has 1 fully saturated rings. The van der Waals surface area contributed by atoms with Crippen molar-refractivity contribution in [2.75, 3.05) is 0 Å². The molecule has 0 saturated carbocycles. The predicted octanol–water partition coefficient (Wildman–Crippen LogP) is 1.90. The largest absolute Gasteiger partial charge is 0.392 e. The quantitative estimate of drug-likeness (QED) is 0.895. The van der Waals surface area contributed by atoms with Gasteiger partial charge in [-0.05, 0) is 25.7 Å². The van der Waals surface area contributed by atoms with E-state index in [1.807, 2.05) is 11.6 Å². The number of rotatable bonds is 5. The molecule has 0 bridgehead atoms. The SMILES string of the molecule is CC(C)Cn1ncnc1CC(O)C1C(C)OC(C)C1C. The van der Waals surface area contributed by atoms with Crippen molar-refractivity contribution < 1.29 is 9.84 Å². The zero-order valence-electron chi connectivity index (χ0n) is 13.2. The number of aliphatic hydroxyl groups is 1. The highest BCUT2D eigenvalue weighted by molar-refractivity contribution is 4.95. The smallest absolute Gasteiger partial charge is 0.138 e. The molecule has 20 heavy (non-hydrogen) atoms. The molecular weight excluding hydrogens is 254 g/mol. The highest BCUT2D eigenvalue weighted by atomic mass is 16.5. The number of hydrogen-bond acceptors (Lipinski definition) is 4. The number of aliphatic hydroxyl groups excluding tert-OH is 1. The molecule has 1 aliphatic rings. The molecule has 2 rings (SSSR count). The van der Waals surface area contributed by atoms with E-state index in [0.29, 0.717) is 18.3 Å². The fraction of sp³-hybridized carbons (Fsp3) is 0.867. The Kier molecular flexibility index (Phi) is 4.81. The number of nitrogens with zero attached hydrogens (tertiary/aromatic N) is 3. The van der Waals surface area contributed by atoms with E-state index in [9.17, 15) is 5.11 Å². The van der Waals surface area contributed by atoms with Crippen LogP contribution in [0.15, 0.2) is 6.33 Å². The lowest BCUT2D eigenvalue weighted by Gasteiger charge is -2.24. The Hall–Kier alpha value is -0.940. The number of aromatic nitrogens is 3. The van der Waals surface area contributed by atoms with Gasteiger partial charge in [0, 0.05) is 18.9 Å². The van der Waals surface area contributed by atoms with Crippen molar-refractivity contribution in [1.29, 1.82) is 0 Å². The lowest BCUT2D eigenvalue weighted by atomic mass is 9.83. The van der Waals surface area contributed by atoms with Crippen LogP contribution in [0.25, 0.3) is 0 Å². The standard InChI is InChI=1S/C15H27N3O2/c1-9(2)7-18-14(16-8-17-18)6-13(19)15-10(3)11(4)20-12(15)5/h8-13,15,19H,6-7H2,1-5H3. The van der Waals surface area contributed by atoms with E-state index in [4.69, 9.17) is 4.74 Å². The van der Waals surface area contributed by atoms with Gasteiger partial charge in [-0.15, -0.1) is 0 Å². The van der Waals surface area contributed by atoms with Crippen LogP contribution in [0.2, 0.25) is 0 Å². The first kappa shape index (κ1) is 15.4. The van der Waals surface area contributed by atoms with Crippen molar-refractivity contribution in [1.82, 2.24) is 14.8 Å². The normalized spacial score (nSPS) is 31.9. The highest BCUT2D eigenvalue weighted by Gasteiger charge is 2.41. The van der Waals surface area contributed by atoms with Gasteiger partial charge >= 0.3 is 0 Å². The first-order valence-electron chi connectivity index (χ1n) is 7.60. The molecule has 1 aromatic rings. The van der Waals surface area contributed by atoms with Gasteiger partial charge in [-0.1, -0.05) is 20.8 Å². The molecule has 5 atom stereocenters. The molecule has 0 amide bonds. The Bertz CT molecular complexity index is 433. The minimum Gasteiger partial charge on any atom is -0.392 e. The molecule has 5 nitrogen and oxygen atoms in total. The third kappa shape index (κ3) is 3.20. The number of ether oxygens (including phenoxy) is 1. The van der Waals surface area contributed by atoms with Gasteiger partial charge in [0.1, 0.15) is 12.2 Å². The molecule has 0 aliphatic carbocycles. The summed E-state index contributed by atoms with van der Waals surface area (Å²) in [6, 6.07) is 0. The Morgan fingerprint density at radius 3 is 2.55 bits per heavy atom. The van der Waals surface area contributed by atoms with Gasteiger partial charge in [0.25, 0.3) is 0 Å². The highest BCUT2D eigenvalue weighted by Crippen LogP contribution is 2.35. The third-order valence-electron chi connectivity index (χ3n) is 4.39. The second kappa shape index (κ2) is 6.22. The zero-order valence-corrected chi connectivity index (χ0v) is 13.2. The van der Waals surface area contributed by atoms with E-state index in [-0.39, 0.29) is 18.1 Å². The predicted molar refractivity (Wildman–Crippen MR) is 77.2 cm³/mol. The monoisotopic (exact) mass is 281 g/mol. The molecule has 1 aliphatic heterocycles. The van der Waals surface area contributed by atoms with Crippen LogP contribution in [0, 0.1) is 17.8 Å². The average Bonchev–Trinajstić information content (AvgIpc) is 2.85. The molecule has 0 aromatic carbocycles. The summed E-state index contributed by atoms with van der Waals surface area (Å²) in [6.45, 7) is 11.4. The van der Waals surface area contributed by atoms with Gasteiger partial charge in [-0.25, -0.2) is 9.67 Å². The zero-order chi connectivity index (χ0) is 14.9. The summed E-state index contributed by atoms with van der Waals surface area (Å²) in [5.74, 6) is 1.90. The molecule has 5 unspecified atom stereocenters. The summed E-state index contributed by atoms with van der Waals surface area (Å²) in [4.78, 5) is 4.30. The molecule has 2 heterocycles. The minimum absolute atomic E-state index is 0.0940. The molecule has 114 valence electrons. The molecule has 1 aromatic heterocycles. The van der Waals surface area contributed by atoms with E-state index in [0.717, 1.165) is 12.4 Å². The van der Waals surface area contributed by atoms with Crippen molar-refractivity contribution in [3.8, 4) is 0 Å². The maximum absolute atomic E-state index is 10.6. The van der Waals surface area contributed by atoms with Gasteiger partial charge in [0.15, 0.2) is 0 Å². The van der Waals surface area contributed by atoms with Crippen molar-refractivity contribution >= 4 is 0 Å². The Morgan fingerprint density at radius 1 is 1.30 bits per heavy atom. The first-order chi connectivity index (χ1) is 9.40. The molecule has 5 heteroatoms. The fourth-order valence-corrected chi connectivity index (χ4v) is 3.22. The summed E-state index contributed by atoms with van der Waals surface area (Å²) in [7, 11) is 0. The second-order valence-electron chi connectivity index (χ2n) is 6.51. The lowest BCUT2D eigenvalue weighted by Crippen LogP contribution is -2.33. The summed E-state index contributed by atoms with van der Waals surface area (Å²) in [5, 5.41) is 14.8. The van der Waals surface area contributed by atoms with Crippen molar-refractivity contribution in [3.63, 3.8) is 0 Å². The summed E-state index contributed by atoms with van der Waals surface area (Å²) in [6.07, 6.45) is 1.99. The maximum atomic E-state index is 10.6. The molecule has 0 radical (unpaired) electrons. The van der Waals surface area contributed by atoms with Crippen LogP contribution in [-0.2, 0) is 17.7 Å². The Balaban J connectivity index is 2.04. The van der Waals surface area contributed by atoms with Gasteiger partial charge in [0.2, 0.25) is 0 Å². The van der Waals surface area contributed by atoms with Gasteiger partial charge in [-0.2, -0.15) is 5.10 Å². The molecular formula is C15H27N3O2. The van der Waals surface area contributed by atoms with E-state index in [2.05, 4.69) is 37.8 Å². The van der Waals surface area contributed by atoms with Crippen LogP contribution in [-0.4, -0.2) is 38.2 Å². The molecule has 1 N–H and O–H groups in total. The Labute approximate surface area is 121 Å². The van der Waals surface area contributed by atoms with Gasteiger partial charge in [0.05, 0.1) is 18.3 Å². The number of hydrogen-bond donors (Lipinski definition) is 1. The summed E-state index contributed by atoms with van der Waals surface area (Å²) in [5.41, 5.74) is 0. The topological polar surface area (TPSA) is 60.2 Å². The van der Waals surface area contributed by atoms with Crippen LogP contribution < -0.4 is 0 Å². The third-order valence-corrected chi connectivity index (χ3v) is 4.39. The van der Waals surface area contributed by atoms with Gasteiger partial charge in [-0.3, -0.25) is 0 Å². The van der Waals surface area contributed by atoms with E-state index >= 15 is 0 Å². The van der Waals surface area contributed by atoms with Crippen LogP contribution in [0.3, 0.4) is 0 Å². The second-order valence-corrected chi connectivity index (χ2v) is 6.51. The van der Waals surface area contributed by atoms with Crippen molar-refractivity contribution in [3.05, 3.63) is 12.2 Å². The van der Waals surface area contributed by atoms with Crippen molar-refractivity contribution in [2.24, 2.45) is 17.8 Å². The van der Waals surface area contributed by atoms with Crippen LogP contribution >= 0.6 is 0 Å². The van der Waals surface area contributed by atoms with E-state index in [1.165, 1.54) is 0 Å². The van der Waals surface area contributed by atoms with Crippen molar-refractivity contribution in [2.45, 2.75) is 65.9 Å². The molecule has 1 saturated heterocycles. The van der Waals surface area contributed by atoms with Crippen LogP contribution in [0.5, 0.6) is 0 Å². The first-order valence-corrected chi connectivity index (χ1v) is 7.60. The van der Waals surface area contributed by atoms with Crippen LogP contribution in [0.1, 0.15) is 40.4 Å². The fourth-order valence-electron chi connectivity index (χ4n) is 3.22. The van der Waals surface area contributed by atoms with Crippen LogP contribution in [0.4, 0.5) is 0 Å².